The lowest BCUT2D eigenvalue weighted by Gasteiger charge is -2.00. The Morgan fingerprint density at radius 3 is 2.29 bits per heavy atom. The molecule has 0 aliphatic heterocycles. The van der Waals surface area contributed by atoms with Gasteiger partial charge in [0.15, 0.2) is 0 Å². The van der Waals surface area contributed by atoms with E-state index in [0.717, 1.165) is 12.0 Å². The van der Waals surface area contributed by atoms with Crippen LogP contribution in [0.4, 0.5) is 0 Å². The zero-order valence-electron chi connectivity index (χ0n) is 9.50. The van der Waals surface area contributed by atoms with Gasteiger partial charge in [0.1, 0.15) is 0 Å². The molecule has 17 heavy (non-hydrogen) atoms. The third-order valence-electron chi connectivity index (χ3n) is 2.24. The number of hydrogen-bond acceptors (Lipinski definition) is 5. The van der Waals surface area contributed by atoms with Crippen LogP contribution in [-0.2, 0) is 6.42 Å². The molecule has 4 nitrogen and oxygen atoms in total. The van der Waals surface area contributed by atoms with E-state index in [1.807, 2.05) is 36.6 Å². The van der Waals surface area contributed by atoms with Crippen LogP contribution >= 0.6 is 11.8 Å². The summed E-state index contributed by atoms with van der Waals surface area (Å²) >= 11 is 1.42. The molecule has 0 bridgehead atoms. The molecule has 5 heteroatoms. The van der Waals surface area contributed by atoms with Gasteiger partial charge in [0.25, 0.3) is 0 Å². The highest BCUT2D eigenvalue weighted by atomic mass is 32.2. The number of rotatable bonds is 4. The molecule has 0 aliphatic rings. The molecule has 1 aromatic heterocycles. The number of nitrogens with zero attached hydrogens (tertiary/aromatic N) is 4. The highest BCUT2D eigenvalue weighted by molar-refractivity contribution is 7.98. The van der Waals surface area contributed by atoms with Crippen molar-refractivity contribution in [2.75, 3.05) is 6.26 Å². The largest absolute Gasteiger partial charge is 0.229 e. The van der Waals surface area contributed by atoms with Crippen molar-refractivity contribution in [2.24, 2.45) is 0 Å². The molecule has 0 unspecified atom stereocenters. The topological polar surface area (TPSA) is 51.6 Å². The third-order valence-corrected chi connectivity index (χ3v) is 2.76. The van der Waals surface area contributed by atoms with Gasteiger partial charge in [-0.25, -0.2) is 0 Å². The summed E-state index contributed by atoms with van der Waals surface area (Å²) in [5, 5.41) is 16.6. The normalized spacial score (nSPS) is 10.2. The first-order chi connectivity index (χ1) is 8.33. The second kappa shape index (κ2) is 5.54. The summed E-state index contributed by atoms with van der Waals surface area (Å²) in [5.74, 6) is 0.549. The quantitative estimate of drug-likeness (QED) is 0.610. The minimum atomic E-state index is 0.549. The predicted octanol–water partition coefficient (Wildman–Crippen LogP) is 2.38. The van der Waals surface area contributed by atoms with Crippen molar-refractivity contribution in [3.63, 3.8) is 0 Å². The maximum atomic E-state index is 4.03. The molecular formula is C12H12N4S. The van der Waals surface area contributed by atoms with Crippen molar-refractivity contribution in [3.05, 3.63) is 42.5 Å². The first kappa shape index (κ1) is 11.7. The molecule has 1 heterocycles. The van der Waals surface area contributed by atoms with Crippen molar-refractivity contribution in [2.45, 2.75) is 11.6 Å². The van der Waals surface area contributed by atoms with E-state index in [1.54, 1.807) is 0 Å². The van der Waals surface area contributed by atoms with E-state index in [-0.39, 0.29) is 0 Å². The van der Waals surface area contributed by atoms with Crippen LogP contribution in [0.25, 0.3) is 11.4 Å². The molecule has 0 amide bonds. The summed E-state index contributed by atoms with van der Waals surface area (Å²) < 4.78 is 0. The van der Waals surface area contributed by atoms with Crippen LogP contribution in [0, 0.1) is 0 Å². The molecule has 0 fully saturated rings. The fraction of sp³-hybridized carbons (Fsp3) is 0.167. The SMILES string of the molecule is C=CCc1ccc(-c2nnc(SC)nn2)cc1. The molecule has 0 saturated heterocycles. The van der Waals surface area contributed by atoms with E-state index in [0.29, 0.717) is 11.0 Å². The van der Waals surface area contributed by atoms with Crippen LogP contribution in [-0.4, -0.2) is 26.7 Å². The van der Waals surface area contributed by atoms with Crippen LogP contribution in [0.5, 0.6) is 0 Å². The van der Waals surface area contributed by atoms with Gasteiger partial charge in [-0.2, -0.15) is 0 Å². The van der Waals surface area contributed by atoms with Gasteiger partial charge in [0.05, 0.1) is 0 Å². The predicted molar refractivity (Wildman–Crippen MR) is 68.7 cm³/mol. The van der Waals surface area contributed by atoms with Gasteiger partial charge in [-0.15, -0.1) is 27.0 Å². The molecule has 0 N–H and O–H groups in total. The lowest BCUT2D eigenvalue weighted by atomic mass is 10.1. The van der Waals surface area contributed by atoms with Crippen LogP contribution in [0.15, 0.2) is 42.1 Å². The van der Waals surface area contributed by atoms with Gasteiger partial charge < -0.3 is 0 Å². The molecule has 0 radical (unpaired) electrons. The molecule has 86 valence electrons. The monoisotopic (exact) mass is 244 g/mol. The lowest BCUT2D eigenvalue weighted by molar-refractivity contribution is 0.755. The molecular weight excluding hydrogens is 232 g/mol. The Hall–Kier alpha value is -1.75. The van der Waals surface area contributed by atoms with Crippen LogP contribution in [0.3, 0.4) is 0 Å². The minimum Gasteiger partial charge on any atom is -0.125 e. The zero-order chi connectivity index (χ0) is 12.1. The first-order valence-corrected chi connectivity index (χ1v) is 6.37. The summed E-state index contributed by atoms with van der Waals surface area (Å²) in [6, 6.07) is 8.00. The first-order valence-electron chi connectivity index (χ1n) is 5.15. The average Bonchev–Trinajstić information content (AvgIpc) is 2.40. The Bertz CT molecular complexity index is 493. The number of hydrogen-bond donors (Lipinski definition) is 0. The van der Waals surface area contributed by atoms with Crippen molar-refractivity contribution in [1.29, 1.82) is 0 Å². The Morgan fingerprint density at radius 2 is 1.76 bits per heavy atom. The van der Waals surface area contributed by atoms with Gasteiger partial charge in [0, 0.05) is 5.56 Å². The number of aromatic nitrogens is 4. The molecule has 1 aromatic carbocycles. The van der Waals surface area contributed by atoms with E-state index >= 15 is 0 Å². The fourth-order valence-electron chi connectivity index (χ4n) is 1.37. The smallest absolute Gasteiger partial charge is 0.125 e. The summed E-state index contributed by atoms with van der Waals surface area (Å²) in [5.41, 5.74) is 2.14. The molecule has 2 aromatic rings. The zero-order valence-corrected chi connectivity index (χ0v) is 10.3. The van der Waals surface area contributed by atoms with Crippen molar-refractivity contribution >= 4 is 11.8 Å². The highest BCUT2D eigenvalue weighted by Gasteiger charge is 2.03. The Kier molecular flexibility index (Phi) is 3.82. The third kappa shape index (κ3) is 2.88. The molecule has 0 saturated carbocycles. The Morgan fingerprint density at radius 1 is 1.12 bits per heavy atom. The van der Waals surface area contributed by atoms with E-state index in [4.69, 9.17) is 0 Å². The van der Waals surface area contributed by atoms with E-state index in [1.165, 1.54) is 17.3 Å². The highest BCUT2D eigenvalue weighted by Crippen LogP contribution is 2.15. The standard InChI is InChI=1S/C12H12N4S/c1-3-4-9-5-7-10(8-6-9)11-13-15-12(17-2)16-14-11/h3,5-8H,1,4H2,2H3. The Balaban J connectivity index is 2.23. The second-order valence-electron chi connectivity index (χ2n) is 3.40. The minimum absolute atomic E-state index is 0.549. The fourth-order valence-corrected chi connectivity index (χ4v) is 1.62. The van der Waals surface area contributed by atoms with E-state index in [2.05, 4.69) is 27.0 Å². The van der Waals surface area contributed by atoms with Gasteiger partial charge in [-0.1, -0.05) is 42.1 Å². The number of benzene rings is 1. The lowest BCUT2D eigenvalue weighted by Crippen LogP contribution is -1.97. The number of allylic oxidation sites excluding steroid dienone is 1. The summed E-state index contributed by atoms with van der Waals surface area (Å²) in [7, 11) is 0. The van der Waals surface area contributed by atoms with Crippen molar-refractivity contribution in [1.82, 2.24) is 20.4 Å². The summed E-state index contributed by atoms with van der Waals surface area (Å²) in [4.78, 5) is 0. The van der Waals surface area contributed by atoms with Crippen molar-refractivity contribution < 1.29 is 0 Å². The summed E-state index contributed by atoms with van der Waals surface area (Å²) in [6.45, 7) is 3.71. The van der Waals surface area contributed by atoms with Gasteiger partial charge in [-0.05, 0) is 18.2 Å². The summed E-state index contributed by atoms with van der Waals surface area (Å²) in [6.07, 6.45) is 4.63. The number of thioether (sulfide) groups is 1. The molecule has 2 rings (SSSR count). The molecule has 0 atom stereocenters. The van der Waals surface area contributed by atoms with E-state index in [9.17, 15) is 0 Å². The average molecular weight is 244 g/mol. The van der Waals surface area contributed by atoms with Crippen LogP contribution < -0.4 is 0 Å². The second-order valence-corrected chi connectivity index (χ2v) is 4.17. The Labute approximate surface area is 104 Å². The maximum absolute atomic E-state index is 4.03. The van der Waals surface area contributed by atoms with Gasteiger partial charge in [0.2, 0.25) is 11.0 Å². The van der Waals surface area contributed by atoms with E-state index < -0.39 is 0 Å². The molecule has 0 aliphatic carbocycles. The van der Waals surface area contributed by atoms with Crippen molar-refractivity contribution in [3.8, 4) is 11.4 Å². The maximum Gasteiger partial charge on any atom is 0.229 e. The van der Waals surface area contributed by atoms with Crippen LogP contribution in [0.1, 0.15) is 5.56 Å². The van der Waals surface area contributed by atoms with Gasteiger partial charge >= 0.3 is 0 Å². The molecule has 0 spiro atoms. The van der Waals surface area contributed by atoms with Gasteiger partial charge in [-0.3, -0.25) is 0 Å². The van der Waals surface area contributed by atoms with Crippen LogP contribution in [0.2, 0.25) is 0 Å².